The molecule has 20 heavy (non-hydrogen) atoms. The highest BCUT2D eigenvalue weighted by Crippen LogP contribution is 2.20. The second kappa shape index (κ2) is 6.01. The van der Waals surface area contributed by atoms with Crippen LogP contribution in [0.15, 0.2) is 47.6 Å². The monoisotopic (exact) mass is 278 g/mol. The smallest absolute Gasteiger partial charge is 0.173 e. The van der Waals surface area contributed by atoms with Crippen LogP contribution in [0, 0.1) is 11.6 Å². The van der Waals surface area contributed by atoms with Gasteiger partial charge in [0, 0.05) is 5.56 Å². The average molecular weight is 278 g/mol. The number of oxime groups is 1. The highest BCUT2D eigenvalue weighted by Gasteiger charge is 2.09. The summed E-state index contributed by atoms with van der Waals surface area (Å²) in [6.07, 6.45) is 0. The van der Waals surface area contributed by atoms with E-state index in [1.807, 2.05) is 0 Å². The zero-order valence-electron chi connectivity index (χ0n) is 10.4. The Labute approximate surface area is 114 Å². The molecule has 0 atom stereocenters. The molecular weight excluding hydrogens is 266 g/mol. The molecule has 2 rings (SSSR count). The Kier molecular flexibility index (Phi) is 4.14. The molecule has 0 saturated heterocycles. The fourth-order valence-electron chi connectivity index (χ4n) is 1.67. The number of amidine groups is 1. The Bertz CT molecular complexity index is 645. The Morgan fingerprint density at radius 2 is 1.95 bits per heavy atom. The molecule has 0 fully saturated rings. The van der Waals surface area contributed by atoms with Crippen molar-refractivity contribution in [3.05, 3.63) is 65.2 Å². The molecule has 0 bridgehead atoms. The van der Waals surface area contributed by atoms with E-state index in [1.54, 1.807) is 24.3 Å². The lowest BCUT2D eigenvalue weighted by molar-refractivity contribution is 0.297. The molecule has 4 nitrogen and oxygen atoms in total. The number of para-hydroxylation sites is 1. The van der Waals surface area contributed by atoms with Crippen LogP contribution in [-0.2, 0) is 6.61 Å². The summed E-state index contributed by atoms with van der Waals surface area (Å²) in [6.45, 7) is -0.167. The van der Waals surface area contributed by atoms with Gasteiger partial charge in [0.2, 0.25) is 0 Å². The van der Waals surface area contributed by atoms with Crippen LogP contribution in [-0.4, -0.2) is 11.0 Å². The maximum atomic E-state index is 13.5. The van der Waals surface area contributed by atoms with Crippen molar-refractivity contribution >= 4 is 5.84 Å². The number of nitrogens with zero attached hydrogens (tertiary/aromatic N) is 1. The molecule has 0 radical (unpaired) electrons. The van der Waals surface area contributed by atoms with Crippen molar-refractivity contribution < 1.29 is 18.7 Å². The maximum Gasteiger partial charge on any atom is 0.173 e. The predicted octanol–water partition coefficient (Wildman–Crippen LogP) is 2.64. The number of hydrogen-bond acceptors (Lipinski definition) is 3. The Hall–Kier alpha value is -2.63. The van der Waals surface area contributed by atoms with Crippen LogP contribution in [0.1, 0.15) is 11.1 Å². The van der Waals surface area contributed by atoms with E-state index in [-0.39, 0.29) is 18.0 Å². The quantitative estimate of drug-likeness (QED) is 0.391. The number of rotatable bonds is 4. The van der Waals surface area contributed by atoms with E-state index in [0.29, 0.717) is 11.3 Å². The number of benzene rings is 2. The molecule has 0 heterocycles. The first kappa shape index (κ1) is 13.8. The first-order valence-electron chi connectivity index (χ1n) is 5.75. The Morgan fingerprint density at radius 3 is 2.70 bits per heavy atom. The van der Waals surface area contributed by atoms with Gasteiger partial charge in [-0.25, -0.2) is 8.78 Å². The fraction of sp³-hybridized carbons (Fsp3) is 0.0714. The topological polar surface area (TPSA) is 67.8 Å². The lowest BCUT2D eigenvalue weighted by Crippen LogP contribution is -2.14. The molecule has 2 aromatic carbocycles. The molecule has 0 spiro atoms. The molecule has 0 aromatic heterocycles. The predicted molar refractivity (Wildman–Crippen MR) is 69.6 cm³/mol. The van der Waals surface area contributed by atoms with Gasteiger partial charge in [-0.15, -0.1) is 0 Å². The highest BCUT2D eigenvalue weighted by atomic mass is 19.1. The number of nitrogens with two attached hydrogens (primary N) is 1. The summed E-state index contributed by atoms with van der Waals surface area (Å²) in [5, 5.41) is 11.6. The third-order valence-electron chi connectivity index (χ3n) is 2.66. The first-order chi connectivity index (χ1) is 9.61. The van der Waals surface area contributed by atoms with Crippen molar-refractivity contribution in [3.8, 4) is 5.75 Å². The summed E-state index contributed by atoms with van der Waals surface area (Å²) in [4.78, 5) is 0. The fourth-order valence-corrected chi connectivity index (χ4v) is 1.67. The van der Waals surface area contributed by atoms with E-state index in [0.717, 1.165) is 18.2 Å². The zero-order valence-corrected chi connectivity index (χ0v) is 10.4. The van der Waals surface area contributed by atoms with Crippen molar-refractivity contribution in [2.45, 2.75) is 6.61 Å². The van der Waals surface area contributed by atoms with Crippen LogP contribution in [0.5, 0.6) is 5.75 Å². The Morgan fingerprint density at radius 1 is 1.20 bits per heavy atom. The third-order valence-corrected chi connectivity index (χ3v) is 2.66. The van der Waals surface area contributed by atoms with Gasteiger partial charge in [-0.3, -0.25) is 0 Å². The molecule has 0 amide bonds. The second-order valence-electron chi connectivity index (χ2n) is 4.01. The number of halogens is 2. The molecule has 0 aliphatic heterocycles. The number of ether oxygens (including phenoxy) is 1. The van der Waals surface area contributed by atoms with Crippen LogP contribution in [0.3, 0.4) is 0 Å². The van der Waals surface area contributed by atoms with Crippen LogP contribution in [0.25, 0.3) is 0 Å². The maximum absolute atomic E-state index is 13.5. The standard InChI is InChI=1S/C14H12F2N2O2/c15-10-5-6-12(16)9(7-10)8-20-13-4-2-1-3-11(13)14(17)18-19/h1-7,19H,8H2,(H2,17,18). The molecule has 2 aromatic rings. The average Bonchev–Trinajstić information content (AvgIpc) is 2.47. The van der Waals surface area contributed by atoms with Crippen LogP contribution < -0.4 is 10.5 Å². The molecule has 0 saturated carbocycles. The van der Waals surface area contributed by atoms with Crippen LogP contribution in [0.2, 0.25) is 0 Å². The molecule has 6 heteroatoms. The summed E-state index contributed by atoms with van der Waals surface area (Å²) >= 11 is 0. The minimum atomic E-state index is -0.562. The van der Waals surface area contributed by atoms with E-state index < -0.39 is 11.6 Å². The minimum Gasteiger partial charge on any atom is -0.488 e. The summed E-state index contributed by atoms with van der Waals surface area (Å²) in [6, 6.07) is 9.67. The van der Waals surface area contributed by atoms with E-state index >= 15 is 0 Å². The molecule has 3 N–H and O–H groups in total. The highest BCUT2D eigenvalue weighted by molar-refractivity contribution is 5.99. The van der Waals surface area contributed by atoms with Gasteiger partial charge in [0.05, 0.1) is 5.56 Å². The normalized spacial score (nSPS) is 11.4. The molecular formula is C14H12F2N2O2. The van der Waals surface area contributed by atoms with Gasteiger partial charge in [0.25, 0.3) is 0 Å². The summed E-state index contributed by atoms with van der Waals surface area (Å²) in [5.41, 5.74) is 5.95. The van der Waals surface area contributed by atoms with Gasteiger partial charge in [-0.2, -0.15) is 0 Å². The van der Waals surface area contributed by atoms with Gasteiger partial charge < -0.3 is 15.7 Å². The van der Waals surface area contributed by atoms with Gasteiger partial charge >= 0.3 is 0 Å². The molecule has 0 aliphatic carbocycles. The van der Waals surface area contributed by atoms with Gasteiger partial charge in [-0.05, 0) is 30.3 Å². The van der Waals surface area contributed by atoms with Crippen molar-refractivity contribution in [1.29, 1.82) is 0 Å². The SMILES string of the molecule is N/C(=N/O)c1ccccc1OCc1cc(F)ccc1F. The summed E-state index contributed by atoms with van der Waals surface area (Å²) < 4.78 is 31.9. The van der Waals surface area contributed by atoms with Gasteiger partial charge in [0.15, 0.2) is 5.84 Å². The second-order valence-corrected chi connectivity index (χ2v) is 4.01. The van der Waals surface area contributed by atoms with Crippen LogP contribution >= 0.6 is 0 Å². The van der Waals surface area contributed by atoms with Crippen LogP contribution in [0.4, 0.5) is 8.78 Å². The van der Waals surface area contributed by atoms with E-state index in [4.69, 9.17) is 15.7 Å². The van der Waals surface area contributed by atoms with Crippen molar-refractivity contribution in [3.63, 3.8) is 0 Å². The minimum absolute atomic E-state index is 0.0827. The third kappa shape index (κ3) is 3.03. The molecule has 0 unspecified atom stereocenters. The van der Waals surface area contributed by atoms with Crippen molar-refractivity contribution in [2.75, 3.05) is 0 Å². The van der Waals surface area contributed by atoms with E-state index in [1.165, 1.54) is 0 Å². The summed E-state index contributed by atoms with van der Waals surface area (Å²) in [7, 11) is 0. The van der Waals surface area contributed by atoms with Gasteiger partial charge in [-0.1, -0.05) is 17.3 Å². The summed E-state index contributed by atoms with van der Waals surface area (Å²) in [5.74, 6) is -0.922. The molecule has 0 aliphatic rings. The lowest BCUT2D eigenvalue weighted by atomic mass is 10.2. The first-order valence-corrected chi connectivity index (χ1v) is 5.75. The van der Waals surface area contributed by atoms with Gasteiger partial charge in [0.1, 0.15) is 24.0 Å². The lowest BCUT2D eigenvalue weighted by Gasteiger charge is -2.11. The van der Waals surface area contributed by atoms with E-state index in [9.17, 15) is 8.78 Å². The molecule has 104 valence electrons. The van der Waals surface area contributed by atoms with E-state index in [2.05, 4.69) is 5.16 Å². The van der Waals surface area contributed by atoms with Crippen molar-refractivity contribution in [2.24, 2.45) is 10.9 Å². The zero-order chi connectivity index (χ0) is 14.5. The largest absolute Gasteiger partial charge is 0.488 e. The van der Waals surface area contributed by atoms with Crippen molar-refractivity contribution in [1.82, 2.24) is 0 Å². The Balaban J connectivity index is 2.21. The number of hydrogen-bond donors (Lipinski definition) is 2.